The predicted molar refractivity (Wildman–Crippen MR) is 275 cm³/mol. The smallest absolute Gasteiger partial charge is 0.0340 e. The summed E-state index contributed by atoms with van der Waals surface area (Å²) in [6.07, 6.45) is 0. The van der Waals surface area contributed by atoms with E-state index in [9.17, 15) is 0 Å². The lowest BCUT2D eigenvalue weighted by Gasteiger charge is -2.18. The van der Waals surface area contributed by atoms with Crippen molar-refractivity contribution in [1.29, 1.82) is 0 Å². The van der Waals surface area contributed by atoms with Crippen LogP contribution >= 0.6 is 0 Å². The Morgan fingerprint density at radius 2 is 0.422 bits per heavy atom. The van der Waals surface area contributed by atoms with Gasteiger partial charge in [-0.3, -0.25) is 0 Å². The Labute approximate surface area is 382 Å². The number of rotatable bonds is 0. The van der Waals surface area contributed by atoms with Gasteiger partial charge in [-0.15, -0.1) is 0 Å². The van der Waals surface area contributed by atoms with Crippen LogP contribution in [0.4, 0.5) is 0 Å². The first kappa shape index (κ1) is 43.7. The molecule has 0 heteroatoms. The second kappa shape index (κ2) is 16.6. The molecule has 0 saturated carbocycles. The lowest BCUT2D eigenvalue weighted by atomic mass is 9.85. The number of hydrogen-bond acceptors (Lipinski definition) is 0. The highest BCUT2D eigenvalue weighted by Crippen LogP contribution is 2.40. The molecule has 64 heavy (non-hydrogen) atoms. The highest BCUT2D eigenvalue weighted by atomic mass is 14.2. The molecule has 0 aliphatic carbocycles. The van der Waals surface area contributed by atoms with Crippen molar-refractivity contribution in [1.82, 2.24) is 0 Å². The second-order valence-corrected chi connectivity index (χ2v) is 21.3. The molecule has 0 unspecified atom stereocenters. The summed E-state index contributed by atoms with van der Waals surface area (Å²) in [6, 6.07) is 47.9. The Kier molecular flexibility index (Phi) is 11.3. The summed E-state index contributed by atoms with van der Waals surface area (Å²) < 4.78 is 0. The molecule has 0 N–H and O–H groups in total. The summed E-state index contributed by atoms with van der Waals surface area (Å²) in [5.41, 5.74) is 13.1. The largest absolute Gasteiger partial charge is 0.0616 e. The first-order chi connectivity index (χ1) is 30.2. The molecule has 314 valence electrons. The van der Waals surface area contributed by atoms with Crippen molar-refractivity contribution < 1.29 is 0 Å². The van der Waals surface area contributed by atoms with Crippen LogP contribution < -0.4 is 0 Å². The molecule has 0 radical (unpaired) electrons. The first-order valence-corrected chi connectivity index (χ1v) is 22.5. The molecule has 0 atom stereocenters. The minimum absolute atomic E-state index is 0.0684. The molecule has 0 saturated heterocycles. The highest BCUT2D eigenvalue weighted by molar-refractivity contribution is 6.26. The summed E-state index contributed by atoms with van der Waals surface area (Å²) in [4.78, 5) is 0. The standard InChI is InChI=1S/C64H58/c1-61(2,3)51-29-17-43(18-30-51)13-25-47-41-48(26-14-44-19-31-52(32-20-44)62(4,5)6)56-39-40-58-50(28-16-46-23-35-54(36-24-46)64(10,11)12)42-49(57-38-37-55(47)59(56)60(57)58)27-15-45-21-33-53(34-22-45)63(7,8)9/h17-24,29-42H,1-12H3. The first-order valence-electron chi connectivity index (χ1n) is 22.5. The van der Waals surface area contributed by atoms with Gasteiger partial charge >= 0.3 is 0 Å². The lowest BCUT2D eigenvalue weighted by Crippen LogP contribution is -2.10. The molecule has 0 aliphatic heterocycles. The number of benzene rings is 8. The number of hydrogen-bond donors (Lipinski definition) is 0. The monoisotopic (exact) mass is 826 g/mol. The zero-order valence-corrected chi connectivity index (χ0v) is 39.7. The molecule has 0 heterocycles. The normalized spacial score (nSPS) is 11.9. The SMILES string of the molecule is CC(C)(C)c1ccc(C#Cc2cc(C#Cc3ccc(C(C)(C)C)cc3)c3ccc4c(C#Cc5ccc(C(C)(C)C)cc5)cc(C#Cc5ccc(C(C)(C)C)cc5)c5ccc2c3c54)cc1. The summed E-state index contributed by atoms with van der Waals surface area (Å²) in [7, 11) is 0. The van der Waals surface area contributed by atoms with Gasteiger partial charge in [-0.25, -0.2) is 0 Å². The molecule has 0 nitrogen and oxygen atoms in total. The second-order valence-electron chi connectivity index (χ2n) is 21.3. The maximum Gasteiger partial charge on any atom is 0.0340 e. The van der Waals surface area contributed by atoms with E-state index in [0.29, 0.717) is 0 Å². The summed E-state index contributed by atoms with van der Waals surface area (Å²) >= 11 is 0. The van der Waals surface area contributed by atoms with Crippen molar-refractivity contribution in [2.24, 2.45) is 0 Å². The van der Waals surface area contributed by atoms with Gasteiger partial charge in [0.05, 0.1) is 0 Å². The Morgan fingerprint density at radius 3 is 0.594 bits per heavy atom. The van der Waals surface area contributed by atoms with E-state index in [0.717, 1.165) is 76.8 Å². The fourth-order valence-electron chi connectivity index (χ4n) is 8.18. The third-order valence-electron chi connectivity index (χ3n) is 12.3. The van der Waals surface area contributed by atoms with Crippen LogP contribution in [0.3, 0.4) is 0 Å². The van der Waals surface area contributed by atoms with E-state index in [1.165, 1.54) is 22.3 Å². The maximum absolute atomic E-state index is 3.62. The van der Waals surface area contributed by atoms with Crippen molar-refractivity contribution in [3.63, 3.8) is 0 Å². The predicted octanol–water partition coefficient (Wildman–Crippen LogP) is 15.4. The van der Waals surface area contributed by atoms with Crippen LogP contribution in [0.25, 0.3) is 32.3 Å². The van der Waals surface area contributed by atoms with Crippen molar-refractivity contribution in [3.05, 3.63) is 200 Å². The van der Waals surface area contributed by atoms with E-state index in [1.807, 2.05) is 0 Å². The summed E-state index contributed by atoms with van der Waals surface area (Å²) in [5.74, 6) is 28.5. The van der Waals surface area contributed by atoms with Gasteiger partial charge in [-0.1, -0.05) is 203 Å². The quantitative estimate of drug-likeness (QED) is 0.106. The van der Waals surface area contributed by atoms with Gasteiger partial charge < -0.3 is 0 Å². The third-order valence-corrected chi connectivity index (χ3v) is 12.3. The summed E-state index contributed by atoms with van der Waals surface area (Å²) in [6.45, 7) is 26.9. The minimum atomic E-state index is 0.0684. The van der Waals surface area contributed by atoms with Gasteiger partial charge in [0.15, 0.2) is 0 Å². The molecule has 8 aromatic carbocycles. The van der Waals surface area contributed by atoms with E-state index in [1.54, 1.807) is 0 Å². The summed E-state index contributed by atoms with van der Waals surface area (Å²) in [5, 5.41) is 6.62. The molecule has 8 rings (SSSR count). The van der Waals surface area contributed by atoms with Crippen LogP contribution in [0.2, 0.25) is 0 Å². The molecule has 0 bridgehead atoms. The average Bonchev–Trinajstić information content (AvgIpc) is 3.25. The zero-order chi connectivity index (χ0) is 45.6. The zero-order valence-electron chi connectivity index (χ0n) is 39.7. The van der Waals surface area contributed by atoms with Gasteiger partial charge in [-0.05, 0) is 137 Å². The fourth-order valence-corrected chi connectivity index (χ4v) is 8.18. The minimum Gasteiger partial charge on any atom is -0.0616 e. The van der Waals surface area contributed by atoms with E-state index >= 15 is 0 Å². The van der Waals surface area contributed by atoms with Crippen molar-refractivity contribution in [3.8, 4) is 47.4 Å². The average molecular weight is 827 g/mol. The van der Waals surface area contributed by atoms with E-state index < -0.39 is 0 Å². The van der Waals surface area contributed by atoms with Crippen LogP contribution in [0.1, 0.15) is 150 Å². The van der Waals surface area contributed by atoms with E-state index in [2.05, 4.69) is 264 Å². The Hall–Kier alpha value is -6.96. The molecule has 0 spiro atoms. The van der Waals surface area contributed by atoms with E-state index in [-0.39, 0.29) is 21.7 Å². The Bertz CT molecular complexity index is 2850. The van der Waals surface area contributed by atoms with Crippen molar-refractivity contribution >= 4 is 32.3 Å². The maximum atomic E-state index is 3.62. The van der Waals surface area contributed by atoms with Gasteiger partial charge in [0.25, 0.3) is 0 Å². The van der Waals surface area contributed by atoms with Crippen LogP contribution in [0.15, 0.2) is 133 Å². The molecular formula is C64H58. The van der Waals surface area contributed by atoms with Crippen molar-refractivity contribution in [2.45, 2.75) is 105 Å². The van der Waals surface area contributed by atoms with Crippen LogP contribution in [-0.4, -0.2) is 0 Å². The molecule has 8 aromatic rings. The topological polar surface area (TPSA) is 0 Å². The van der Waals surface area contributed by atoms with Crippen molar-refractivity contribution in [2.75, 3.05) is 0 Å². The van der Waals surface area contributed by atoms with Crippen LogP contribution in [-0.2, 0) is 21.7 Å². The molecule has 0 aromatic heterocycles. The van der Waals surface area contributed by atoms with Gasteiger partial charge in [-0.2, -0.15) is 0 Å². The fraction of sp³-hybridized carbons (Fsp3) is 0.250. The van der Waals surface area contributed by atoms with E-state index in [4.69, 9.17) is 0 Å². The van der Waals surface area contributed by atoms with Crippen LogP contribution in [0.5, 0.6) is 0 Å². The third kappa shape index (κ3) is 9.36. The highest BCUT2D eigenvalue weighted by Gasteiger charge is 2.19. The Morgan fingerprint density at radius 1 is 0.234 bits per heavy atom. The molecule has 0 aliphatic rings. The van der Waals surface area contributed by atoms with Crippen LogP contribution in [0, 0.1) is 47.4 Å². The Balaban J connectivity index is 1.36. The lowest BCUT2D eigenvalue weighted by molar-refractivity contribution is 0.590. The molecular weight excluding hydrogens is 769 g/mol. The van der Waals surface area contributed by atoms with Gasteiger partial charge in [0.2, 0.25) is 0 Å². The molecule has 0 amide bonds. The van der Waals surface area contributed by atoms with Gasteiger partial charge in [0, 0.05) is 44.5 Å². The molecule has 0 fully saturated rings. The van der Waals surface area contributed by atoms with Gasteiger partial charge in [0.1, 0.15) is 0 Å².